The average molecular weight is 212 g/mol. The number of hydrogen-bond donors (Lipinski definition) is 2. The van der Waals surface area contributed by atoms with Gasteiger partial charge in [-0.15, -0.1) is 0 Å². The maximum Gasteiger partial charge on any atom is 0.307 e. The smallest absolute Gasteiger partial charge is 0.307 e. The maximum absolute atomic E-state index is 10.9. The molecule has 3 N–H and O–H groups in total. The van der Waals surface area contributed by atoms with Crippen molar-refractivity contribution >= 4 is 17.5 Å². The minimum Gasteiger partial charge on any atom is -0.469 e. The molecule has 0 aliphatic rings. The first-order valence-corrected chi connectivity index (χ1v) is 4.66. The van der Waals surface area contributed by atoms with Crippen LogP contribution < -0.4 is 11.1 Å². The lowest BCUT2D eigenvalue weighted by Gasteiger charge is -2.06. The van der Waals surface area contributed by atoms with Gasteiger partial charge in [0.25, 0.3) is 0 Å². The average Bonchev–Trinajstić information content (AvgIpc) is 2.44. The number of methoxy groups -OCH3 is 1. The summed E-state index contributed by atoms with van der Waals surface area (Å²) in [5.41, 5.74) is 7.18. The number of aromatic nitrogens is 2. The van der Waals surface area contributed by atoms with E-state index in [2.05, 4.69) is 15.2 Å². The van der Waals surface area contributed by atoms with Crippen LogP contribution in [0, 0.1) is 6.92 Å². The summed E-state index contributed by atoms with van der Waals surface area (Å²) in [4.78, 5) is 10.9. The molecular weight excluding hydrogens is 196 g/mol. The number of hydrogen-bond acceptors (Lipinski definition) is 5. The van der Waals surface area contributed by atoms with Gasteiger partial charge in [0.15, 0.2) is 0 Å². The number of esters is 1. The van der Waals surface area contributed by atoms with Crippen molar-refractivity contribution in [2.24, 2.45) is 7.05 Å². The fourth-order valence-electron chi connectivity index (χ4n) is 1.27. The van der Waals surface area contributed by atoms with Gasteiger partial charge in [-0.25, -0.2) is 0 Å². The number of nitrogens with one attached hydrogen (secondary N) is 1. The Balaban J connectivity index is 2.54. The van der Waals surface area contributed by atoms with Gasteiger partial charge in [-0.2, -0.15) is 5.10 Å². The molecule has 6 nitrogen and oxygen atoms in total. The van der Waals surface area contributed by atoms with Gasteiger partial charge in [-0.1, -0.05) is 0 Å². The van der Waals surface area contributed by atoms with Crippen LogP contribution in [0.1, 0.15) is 12.1 Å². The Morgan fingerprint density at radius 2 is 2.33 bits per heavy atom. The van der Waals surface area contributed by atoms with Crippen LogP contribution in [0.15, 0.2) is 0 Å². The summed E-state index contributed by atoms with van der Waals surface area (Å²) >= 11 is 0. The molecule has 0 atom stereocenters. The Hall–Kier alpha value is -1.72. The molecule has 15 heavy (non-hydrogen) atoms. The highest BCUT2D eigenvalue weighted by atomic mass is 16.5. The van der Waals surface area contributed by atoms with Gasteiger partial charge < -0.3 is 15.8 Å². The number of carbonyl (C=O) groups is 1. The van der Waals surface area contributed by atoms with Gasteiger partial charge in [-0.3, -0.25) is 9.48 Å². The molecule has 0 aromatic carbocycles. The van der Waals surface area contributed by atoms with Gasteiger partial charge in [0, 0.05) is 13.6 Å². The lowest BCUT2D eigenvalue weighted by atomic mass is 10.3. The third-order valence-electron chi connectivity index (χ3n) is 2.12. The van der Waals surface area contributed by atoms with Crippen LogP contribution in [0.4, 0.5) is 11.5 Å². The van der Waals surface area contributed by atoms with Gasteiger partial charge in [0.1, 0.15) is 5.82 Å². The van der Waals surface area contributed by atoms with Crippen LogP contribution in [0.3, 0.4) is 0 Å². The van der Waals surface area contributed by atoms with E-state index >= 15 is 0 Å². The molecule has 1 aromatic heterocycles. The molecule has 0 amide bonds. The molecule has 0 aliphatic heterocycles. The van der Waals surface area contributed by atoms with Gasteiger partial charge in [0.05, 0.1) is 24.9 Å². The summed E-state index contributed by atoms with van der Waals surface area (Å²) in [5, 5.41) is 7.18. The third kappa shape index (κ3) is 2.61. The van der Waals surface area contributed by atoms with Crippen LogP contribution in [-0.4, -0.2) is 29.4 Å². The highest BCUT2D eigenvalue weighted by Crippen LogP contribution is 2.20. The summed E-state index contributed by atoms with van der Waals surface area (Å²) < 4.78 is 6.18. The number of rotatable bonds is 4. The quantitative estimate of drug-likeness (QED) is 0.701. The lowest BCUT2D eigenvalue weighted by molar-refractivity contribution is -0.140. The Morgan fingerprint density at radius 3 is 2.80 bits per heavy atom. The minimum absolute atomic E-state index is 0.250. The first kappa shape index (κ1) is 11.4. The SMILES string of the molecule is COC(=O)CCNc1c(N)c(C)nn1C. The molecule has 0 aliphatic carbocycles. The first-order valence-electron chi connectivity index (χ1n) is 4.66. The van der Waals surface area contributed by atoms with Crippen LogP contribution in [0.25, 0.3) is 0 Å². The molecule has 1 heterocycles. The fraction of sp³-hybridized carbons (Fsp3) is 0.556. The van der Waals surface area contributed by atoms with Gasteiger partial charge in [-0.05, 0) is 6.92 Å². The van der Waals surface area contributed by atoms with Crippen molar-refractivity contribution in [2.75, 3.05) is 24.7 Å². The van der Waals surface area contributed by atoms with E-state index in [1.807, 2.05) is 6.92 Å². The summed E-state index contributed by atoms with van der Waals surface area (Å²) in [7, 11) is 3.16. The minimum atomic E-state index is -0.250. The molecular formula is C9H16N4O2. The zero-order valence-electron chi connectivity index (χ0n) is 9.20. The number of nitrogens with two attached hydrogens (primary N) is 1. The van der Waals surface area contributed by atoms with E-state index in [0.29, 0.717) is 18.7 Å². The highest BCUT2D eigenvalue weighted by Gasteiger charge is 2.09. The van der Waals surface area contributed by atoms with Crippen molar-refractivity contribution in [3.8, 4) is 0 Å². The second kappa shape index (κ2) is 4.68. The van der Waals surface area contributed by atoms with Gasteiger partial charge in [0.2, 0.25) is 0 Å². The molecule has 0 bridgehead atoms. The number of ether oxygens (including phenoxy) is 1. The Labute approximate surface area is 88.4 Å². The van der Waals surface area contributed by atoms with Gasteiger partial charge >= 0.3 is 5.97 Å². The number of nitrogens with zero attached hydrogens (tertiary/aromatic N) is 2. The Kier molecular flexibility index (Phi) is 3.54. The van der Waals surface area contributed by atoms with E-state index in [0.717, 1.165) is 11.5 Å². The molecule has 84 valence electrons. The zero-order chi connectivity index (χ0) is 11.4. The van der Waals surface area contributed by atoms with Crippen molar-refractivity contribution < 1.29 is 9.53 Å². The summed E-state index contributed by atoms with van der Waals surface area (Å²) in [6.45, 7) is 2.32. The molecule has 0 saturated heterocycles. The molecule has 0 radical (unpaired) electrons. The Bertz CT molecular complexity index is 359. The van der Waals surface area contributed by atoms with E-state index in [4.69, 9.17) is 5.73 Å². The number of anilines is 2. The third-order valence-corrected chi connectivity index (χ3v) is 2.12. The molecule has 0 saturated carbocycles. The monoisotopic (exact) mass is 212 g/mol. The van der Waals surface area contributed by atoms with Crippen LogP contribution >= 0.6 is 0 Å². The second-order valence-electron chi connectivity index (χ2n) is 3.22. The van der Waals surface area contributed by atoms with Crippen molar-refractivity contribution in [1.29, 1.82) is 0 Å². The van der Waals surface area contributed by atoms with Crippen LogP contribution in [-0.2, 0) is 16.6 Å². The maximum atomic E-state index is 10.9. The Morgan fingerprint density at radius 1 is 1.67 bits per heavy atom. The van der Waals surface area contributed by atoms with E-state index in [1.54, 1.807) is 11.7 Å². The molecule has 0 spiro atoms. The van der Waals surface area contributed by atoms with Crippen molar-refractivity contribution in [1.82, 2.24) is 9.78 Å². The molecule has 1 aromatic rings. The summed E-state index contributed by atoms with van der Waals surface area (Å²) in [5.74, 6) is 0.483. The van der Waals surface area contributed by atoms with Crippen LogP contribution in [0.2, 0.25) is 0 Å². The first-order chi connectivity index (χ1) is 7.06. The lowest BCUT2D eigenvalue weighted by Crippen LogP contribution is -2.12. The van der Waals surface area contributed by atoms with Crippen molar-refractivity contribution in [3.63, 3.8) is 0 Å². The van der Waals surface area contributed by atoms with E-state index in [-0.39, 0.29) is 5.97 Å². The largest absolute Gasteiger partial charge is 0.469 e. The molecule has 1 rings (SSSR count). The van der Waals surface area contributed by atoms with E-state index < -0.39 is 0 Å². The molecule has 6 heteroatoms. The predicted molar refractivity (Wildman–Crippen MR) is 57.5 cm³/mol. The number of aryl methyl sites for hydroxylation is 2. The van der Waals surface area contributed by atoms with E-state index in [9.17, 15) is 4.79 Å². The van der Waals surface area contributed by atoms with Crippen molar-refractivity contribution in [3.05, 3.63) is 5.69 Å². The highest BCUT2D eigenvalue weighted by molar-refractivity contribution is 5.70. The van der Waals surface area contributed by atoms with Crippen molar-refractivity contribution in [2.45, 2.75) is 13.3 Å². The molecule has 0 unspecified atom stereocenters. The normalized spacial score (nSPS) is 10.1. The number of nitrogen functional groups attached to an aromatic ring is 1. The summed E-state index contributed by atoms with van der Waals surface area (Å²) in [6.07, 6.45) is 0.306. The summed E-state index contributed by atoms with van der Waals surface area (Å²) in [6, 6.07) is 0. The standard InChI is InChI=1S/C9H16N4O2/c1-6-8(10)9(13(2)12-6)11-5-4-7(14)15-3/h11H,4-5,10H2,1-3H3. The molecule has 0 fully saturated rings. The topological polar surface area (TPSA) is 82.2 Å². The second-order valence-corrected chi connectivity index (χ2v) is 3.22. The fourth-order valence-corrected chi connectivity index (χ4v) is 1.27. The predicted octanol–water partition coefficient (Wildman–Crippen LogP) is 0.286. The number of carbonyl (C=O) groups excluding carboxylic acids is 1. The van der Waals surface area contributed by atoms with Crippen LogP contribution in [0.5, 0.6) is 0 Å². The zero-order valence-corrected chi connectivity index (χ0v) is 9.20. The van der Waals surface area contributed by atoms with E-state index in [1.165, 1.54) is 7.11 Å².